The maximum atomic E-state index is 12.4. The Kier molecular flexibility index (Phi) is 3.55. The first-order chi connectivity index (χ1) is 9.45. The predicted molar refractivity (Wildman–Crippen MR) is 77.4 cm³/mol. The third-order valence-corrected chi connectivity index (χ3v) is 5.21. The molecule has 5 heteroatoms. The summed E-state index contributed by atoms with van der Waals surface area (Å²) < 4.78 is 0. The maximum absolute atomic E-state index is 12.4. The largest absolute Gasteiger partial charge is 0.392 e. The normalized spacial score (nSPS) is 33.5. The highest BCUT2D eigenvalue weighted by Gasteiger charge is 2.56. The lowest BCUT2D eigenvalue weighted by atomic mass is 9.83. The lowest BCUT2D eigenvalue weighted by Crippen LogP contribution is -2.78. The Labute approximate surface area is 121 Å². The van der Waals surface area contributed by atoms with Gasteiger partial charge in [0.05, 0.1) is 11.6 Å². The first-order valence-corrected chi connectivity index (χ1v) is 7.91. The molecular formula is C15H27N3O2. The molecule has 0 saturated carbocycles. The Morgan fingerprint density at radius 3 is 2.60 bits per heavy atom. The Bertz CT molecular complexity index is 393. The minimum Gasteiger partial charge on any atom is -0.392 e. The van der Waals surface area contributed by atoms with E-state index in [2.05, 4.69) is 21.6 Å². The zero-order chi connectivity index (χ0) is 14.5. The van der Waals surface area contributed by atoms with Crippen LogP contribution < -0.4 is 0 Å². The molecule has 0 aliphatic carbocycles. The van der Waals surface area contributed by atoms with E-state index in [0.717, 1.165) is 45.7 Å². The molecule has 3 fully saturated rings. The average Bonchev–Trinajstić information content (AvgIpc) is 2.74. The molecule has 20 heavy (non-hydrogen) atoms. The number of aliphatic hydroxyl groups excluding tert-OH is 1. The molecule has 0 bridgehead atoms. The number of carbonyl (C=O) groups is 1. The highest BCUT2D eigenvalue weighted by atomic mass is 16.3. The van der Waals surface area contributed by atoms with Crippen LogP contribution in [0.1, 0.15) is 27.2 Å². The van der Waals surface area contributed by atoms with Gasteiger partial charge < -0.3 is 10.0 Å². The van der Waals surface area contributed by atoms with Gasteiger partial charge in [-0.1, -0.05) is 20.8 Å². The SMILES string of the molecule is CCN1CC2(C1)CN(C(=O)C(C)C)C[C@@H]1C[C@@H](O)CN12. The zero-order valence-electron chi connectivity index (χ0n) is 12.9. The van der Waals surface area contributed by atoms with E-state index in [1.165, 1.54) is 0 Å². The van der Waals surface area contributed by atoms with E-state index in [1.54, 1.807) is 0 Å². The molecule has 0 radical (unpaired) electrons. The maximum Gasteiger partial charge on any atom is 0.225 e. The van der Waals surface area contributed by atoms with Gasteiger partial charge >= 0.3 is 0 Å². The van der Waals surface area contributed by atoms with Crippen molar-refractivity contribution in [3.63, 3.8) is 0 Å². The molecular weight excluding hydrogens is 254 g/mol. The number of nitrogens with zero attached hydrogens (tertiary/aromatic N) is 3. The molecule has 1 N–H and O–H groups in total. The molecule has 0 aromatic carbocycles. The number of hydrogen-bond donors (Lipinski definition) is 1. The second-order valence-corrected chi connectivity index (χ2v) is 7.10. The molecule has 0 aromatic heterocycles. The molecule has 3 aliphatic heterocycles. The fourth-order valence-corrected chi connectivity index (χ4v) is 4.24. The Balaban J connectivity index is 1.79. The number of piperazine rings is 1. The smallest absolute Gasteiger partial charge is 0.225 e. The van der Waals surface area contributed by atoms with Gasteiger partial charge in [0.1, 0.15) is 0 Å². The van der Waals surface area contributed by atoms with Crippen molar-refractivity contribution in [1.29, 1.82) is 0 Å². The van der Waals surface area contributed by atoms with E-state index >= 15 is 0 Å². The number of fused-ring (bicyclic) bond motifs is 2. The van der Waals surface area contributed by atoms with Gasteiger partial charge in [0.25, 0.3) is 0 Å². The second kappa shape index (κ2) is 4.97. The number of rotatable bonds is 2. The summed E-state index contributed by atoms with van der Waals surface area (Å²) in [7, 11) is 0. The number of likely N-dealkylation sites (tertiary alicyclic amines) is 1. The molecule has 0 aromatic rings. The van der Waals surface area contributed by atoms with Gasteiger partial charge in [0.15, 0.2) is 0 Å². The average molecular weight is 281 g/mol. The molecule has 0 unspecified atom stereocenters. The summed E-state index contributed by atoms with van der Waals surface area (Å²) in [5.41, 5.74) is 0.0982. The molecule has 5 nitrogen and oxygen atoms in total. The lowest BCUT2D eigenvalue weighted by molar-refractivity contribution is -0.152. The molecule has 3 aliphatic rings. The number of likely N-dealkylation sites (N-methyl/N-ethyl adjacent to an activating group) is 1. The van der Waals surface area contributed by atoms with Crippen LogP contribution in [0.3, 0.4) is 0 Å². The van der Waals surface area contributed by atoms with Crippen molar-refractivity contribution in [3.8, 4) is 0 Å². The molecule has 3 rings (SSSR count). The summed E-state index contributed by atoms with van der Waals surface area (Å²) in [6.45, 7) is 11.7. The van der Waals surface area contributed by atoms with Gasteiger partial charge in [-0.2, -0.15) is 0 Å². The lowest BCUT2D eigenvalue weighted by Gasteiger charge is -2.61. The number of carbonyl (C=O) groups excluding carboxylic acids is 1. The minimum atomic E-state index is -0.221. The van der Waals surface area contributed by atoms with E-state index in [1.807, 2.05) is 13.8 Å². The topological polar surface area (TPSA) is 47.0 Å². The third kappa shape index (κ3) is 2.16. The highest BCUT2D eigenvalue weighted by Crippen LogP contribution is 2.38. The van der Waals surface area contributed by atoms with Crippen LogP contribution in [0.15, 0.2) is 0 Å². The summed E-state index contributed by atoms with van der Waals surface area (Å²) in [6, 6.07) is 0.348. The van der Waals surface area contributed by atoms with Crippen LogP contribution in [0.25, 0.3) is 0 Å². The zero-order valence-corrected chi connectivity index (χ0v) is 12.9. The summed E-state index contributed by atoms with van der Waals surface area (Å²) in [4.78, 5) is 19.3. The molecule has 2 atom stereocenters. The number of aliphatic hydroxyl groups is 1. The van der Waals surface area contributed by atoms with Crippen LogP contribution >= 0.6 is 0 Å². The van der Waals surface area contributed by atoms with Crippen LogP contribution in [0.5, 0.6) is 0 Å². The second-order valence-electron chi connectivity index (χ2n) is 7.10. The summed E-state index contributed by atoms with van der Waals surface area (Å²) in [5, 5.41) is 10.0. The van der Waals surface area contributed by atoms with E-state index in [9.17, 15) is 9.90 Å². The van der Waals surface area contributed by atoms with Crippen molar-refractivity contribution in [3.05, 3.63) is 0 Å². The van der Waals surface area contributed by atoms with Crippen molar-refractivity contribution >= 4 is 5.91 Å². The molecule has 3 heterocycles. The van der Waals surface area contributed by atoms with Crippen LogP contribution in [0, 0.1) is 5.92 Å². The molecule has 1 spiro atoms. The van der Waals surface area contributed by atoms with Gasteiger partial charge in [0, 0.05) is 44.7 Å². The summed E-state index contributed by atoms with van der Waals surface area (Å²) in [6.07, 6.45) is 0.595. The Hall–Kier alpha value is -0.650. The Morgan fingerprint density at radius 2 is 2.00 bits per heavy atom. The number of amides is 1. The number of β-amino-alcohol motifs (C(OH)–C–C–N with tert-alkyl or cyclic N) is 1. The van der Waals surface area contributed by atoms with Gasteiger partial charge in [-0.15, -0.1) is 0 Å². The Morgan fingerprint density at radius 1 is 1.30 bits per heavy atom. The monoisotopic (exact) mass is 281 g/mol. The first kappa shape index (κ1) is 14.3. The number of hydrogen-bond acceptors (Lipinski definition) is 4. The highest BCUT2D eigenvalue weighted by molar-refractivity contribution is 5.78. The molecule has 1 amide bonds. The standard InChI is InChI=1S/C15H27N3O2/c1-4-16-8-15(9-16)10-17(14(20)11(2)3)6-12-5-13(19)7-18(12)15/h11-13,19H,4-10H2,1-3H3/t12-,13+/m0/s1. The van der Waals surface area contributed by atoms with Crippen molar-refractivity contribution in [2.24, 2.45) is 5.92 Å². The molecule has 114 valence electrons. The van der Waals surface area contributed by atoms with Crippen molar-refractivity contribution in [2.45, 2.75) is 44.9 Å². The van der Waals surface area contributed by atoms with E-state index in [0.29, 0.717) is 6.04 Å². The first-order valence-electron chi connectivity index (χ1n) is 7.91. The van der Waals surface area contributed by atoms with Crippen LogP contribution in [0.2, 0.25) is 0 Å². The van der Waals surface area contributed by atoms with Gasteiger partial charge in [-0.25, -0.2) is 0 Å². The summed E-state index contributed by atoms with van der Waals surface area (Å²) >= 11 is 0. The van der Waals surface area contributed by atoms with Crippen LogP contribution in [-0.4, -0.2) is 82.7 Å². The van der Waals surface area contributed by atoms with Crippen molar-refractivity contribution in [1.82, 2.24) is 14.7 Å². The molecule has 3 saturated heterocycles. The fraction of sp³-hybridized carbons (Fsp3) is 0.933. The van der Waals surface area contributed by atoms with Gasteiger partial charge in [-0.3, -0.25) is 14.6 Å². The van der Waals surface area contributed by atoms with Crippen molar-refractivity contribution < 1.29 is 9.90 Å². The third-order valence-electron chi connectivity index (χ3n) is 5.21. The predicted octanol–water partition coefficient (Wildman–Crippen LogP) is -0.00590. The quantitative estimate of drug-likeness (QED) is 0.774. The fourth-order valence-electron chi connectivity index (χ4n) is 4.24. The van der Waals surface area contributed by atoms with Gasteiger partial charge in [-0.05, 0) is 13.0 Å². The van der Waals surface area contributed by atoms with Crippen LogP contribution in [-0.2, 0) is 4.79 Å². The van der Waals surface area contributed by atoms with E-state index in [4.69, 9.17) is 0 Å². The van der Waals surface area contributed by atoms with E-state index < -0.39 is 0 Å². The van der Waals surface area contributed by atoms with Crippen LogP contribution in [0.4, 0.5) is 0 Å². The van der Waals surface area contributed by atoms with E-state index in [-0.39, 0.29) is 23.5 Å². The van der Waals surface area contributed by atoms with Gasteiger partial charge in [0.2, 0.25) is 5.91 Å². The minimum absolute atomic E-state index is 0.0623. The summed E-state index contributed by atoms with van der Waals surface area (Å²) in [5.74, 6) is 0.327. The van der Waals surface area contributed by atoms with Crippen molar-refractivity contribution in [2.75, 3.05) is 39.3 Å².